The molecule has 0 N–H and O–H groups in total. The van der Waals surface area contributed by atoms with Gasteiger partial charge >= 0.3 is 6.85 Å². The fourth-order valence-corrected chi connectivity index (χ4v) is 11.6. The van der Waals surface area contributed by atoms with E-state index in [4.69, 9.17) is 4.42 Å². The fourth-order valence-electron chi connectivity index (χ4n) is 11.6. The summed E-state index contributed by atoms with van der Waals surface area (Å²) in [6.45, 7) is 25.5. The van der Waals surface area contributed by atoms with Crippen LogP contribution in [0.4, 0.5) is 28.4 Å². The van der Waals surface area contributed by atoms with Crippen molar-refractivity contribution in [2.45, 2.75) is 97.8 Å². The van der Waals surface area contributed by atoms with Crippen molar-refractivity contribution in [1.29, 1.82) is 0 Å². The number of benzene rings is 8. The highest BCUT2D eigenvalue weighted by Gasteiger charge is 2.50. The van der Waals surface area contributed by atoms with Crippen molar-refractivity contribution >= 4 is 68.1 Å². The Balaban J connectivity index is 1.29. The van der Waals surface area contributed by atoms with E-state index in [2.05, 4.69) is 244 Å². The van der Waals surface area contributed by atoms with Gasteiger partial charge in [0, 0.05) is 55.5 Å². The predicted molar refractivity (Wildman–Crippen MR) is 287 cm³/mol. The Labute approximate surface area is 397 Å². The first-order chi connectivity index (χ1) is 31.9. The molecule has 1 aromatic heterocycles. The average Bonchev–Trinajstić information content (AvgIpc) is 3.79. The highest BCUT2D eigenvalue weighted by Crippen LogP contribution is 2.58. The number of hydrogen-bond acceptors (Lipinski definition) is 3. The lowest BCUT2D eigenvalue weighted by atomic mass is 9.43. The van der Waals surface area contributed by atoms with Gasteiger partial charge in [0.25, 0.3) is 0 Å². The first kappa shape index (κ1) is 41.6. The van der Waals surface area contributed by atoms with Gasteiger partial charge in [-0.05, 0) is 109 Å². The molecule has 0 spiro atoms. The second-order valence-corrected chi connectivity index (χ2v) is 23.0. The minimum absolute atomic E-state index is 0.0160. The van der Waals surface area contributed by atoms with Crippen LogP contribution in [0.2, 0.25) is 0 Å². The number of rotatable bonds is 3. The third-order valence-corrected chi connectivity index (χ3v) is 15.3. The average molecular weight is 871 g/mol. The van der Waals surface area contributed by atoms with Gasteiger partial charge < -0.3 is 14.1 Å². The summed E-state index contributed by atoms with van der Waals surface area (Å²) >= 11 is 0. The van der Waals surface area contributed by atoms with E-state index in [0.717, 1.165) is 21.9 Å². The summed E-state index contributed by atoms with van der Waals surface area (Å²) in [6.07, 6.45) is 0. The van der Waals surface area contributed by atoms with Gasteiger partial charge in [0.1, 0.15) is 11.2 Å². The molecule has 0 atom stereocenters. The molecule has 8 aromatic carbocycles. The lowest BCUT2D eigenvalue weighted by molar-refractivity contribution is 0.590. The lowest BCUT2D eigenvalue weighted by Crippen LogP contribution is -2.61. The van der Waals surface area contributed by atoms with Crippen LogP contribution in [0, 0.1) is 0 Å². The van der Waals surface area contributed by atoms with Gasteiger partial charge in [-0.1, -0.05) is 191 Å². The molecule has 12 rings (SSSR count). The van der Waals surface area contributed by atoms with E-state index in [1.807, 2.05) is 0 Å². The molecular formula is C63H59BN2O. The quantitative estimate of drug-likeness (QED) is 0.165. The van der Waals surface area contributed by atoms with Crippen molar-refractivity contribution in [2.75, 3.05) is 9.71 Å². The Bertz CT molecular complexity index is 3500. The molecule has 0 unspecified atom stereocenters. The van der Waals surface area contributed by atoms with Crippen LogP contribution in [0.1, 0.15) is 104 Å². The van der Waals surface area contributed by atoms with Gasteiger partial charge in [0.15, 0.2) is 0 Å². The summed E-state index contributed by atoms with van der Waals surface area (Å²) in [7, 11) is 0. The highest BCUT2D eigenvalue weighted by molar-refractivity contribution is 6.94. The first-order valence-electron chi connectivity index (χ1n) is 24.2. The zero-order chi connectivity index (χ0) is 46.5. The molecule has 1 aliphatic carbocycles. The molecule has 3 aliphatic rings. The second kappa shape index (κ2) is 14.1. The molecule has 0 bridgehead atoms. The zero-order valence-corrected chi connectivity index (χ0v) is 40.9. The smallest absolute Gasteiger partial charge is 0.333 e. The predicted octanol–water partition coefficient (Wildman–Crippen LogP) is 16.2. The van der Waals surface area contributed by atoms with Crippen molar-refractivity contribution in [2.24, 2.45) is 0 Å². The zero-order valence-electron chi connectivity index (χ0n) is 40.9. The largest absolute Gasteiger partial charge is 0.455 e. The SMILES string of the molecule is CC(C)(C)c1ccc(N2B3c4ccc5c(c4N(c4ccc(C(C)(C)C)cc4-c4ccccc4)c4cc6c(oc7ccccc76)c(c43)-c3ccc(C(C)(C)C)cc32)-c2ccccc2C5(C)C)cc1. The second-order valence-electron chi connectivity index (χ2n) is 23.0. The highest BCUT2D eigenvalue weighted by atomic mass is 16.3. The van der Waals surface area contributed by atoms with E-state index in [1.54, 1.807) is 0 Å². The molecule has 0 saturated heterocycles. The van der Waals surface area contributed by atoms with E-state index in [1.165, 1.54) is 101 Å². The van der Waals surface area contributed by atoms with Crippen molar-refractivity contribution in [3.05, 3.63) is 186 Å². The van der Waals surface area contributed by atoms with Gasteiger partial charge in [-0.25, -0.2) is 0 Å². The van der Waals surface area contributed by atoms with E-state index in [9.17, 15) is 0 Å². The van der Waals surface area contributed by atoms with Crippen molar-refractivity contribution in [3.63, 3.8) is 0 Å². The van der Waals surface area contributed by atoms with Crippen LogP contribution in [0.25, 0.3) is 55.3 Å². The summed E-state index contributed by atoms with van der Waals surface area (Å²) in [4.78, 5) is 5.35. The normalized spacial score (nSPS) is 14.8. The van der Waals surface area contributed by atoms with Gasteiger partial charge in [0.2, 0.25) is 0 Å². The Morgan fingerprint density at radius 1 is 0.478 bits per heavy atom. The van der Waals surface area contributed by atoms with Gasteiger partial charge in [-0.15, -0.1) is 0 Å². The van der Waals surface area contributed by atoms with Crippen LogP contribution >= 0.6 is 0 Å². The number of nitrogens with zero attached hydrogens (tertiary/aromatic N) is 2. The minimum atomic E-state index is -0.204. The standard InChI is InChI=1S/C63H59BN2O/c1-60(2,3)39-25-29-42(30-26-39)66-52-36-41(62(7,8)9)27-31-45(52)56-57-53(37-47-43-21-16-18-24-54(43)67-59(47)56)65(51-34-28-40(61(4,5)6)35-46(51)38-19-13-12-14-20-38)58-50(64(57)66)33-32-49-55(58)44-22-15-17-23-48(44)63(49,10)11/h12-37H,1-11H3. The van der Waals surface area contributed by atoms with Crippen molar-refractivity contribution in [3.8, 4) is 33.4 Å². The molecule has 9 aromatic rings. The van der Waals surface area contributed by atoms with E-state index >= 15 is 0 Å². The molecule has 4 heteroatoms. The van der Waals surface area contributed by atoms with Crippen LogP contribution < -0.4 is 20.6 Å². The third-order valence-electron chi connectivity index (χ3n) is 15.3. The Kier molecular flexibility index (Phi) is 8.78. The molecule has 3 heterocycles. The van der Waals surface area contributed by atoms with Crippen molar-refractivity contribution < 1.29 is 4.42 Å². The van der Waals surface area contributed by atoms with Gasteiger partial charge in [-0.3, -0.25) is 0 Å². The molecule has 3 nitrogen and oxygen atoms in total. The topological polar surface area (TPSA) is 19.6 Å². The number of anilines is 5. The maximum Gasteiger partial charge on any atom is 0.333 e. The van der Waals surface area contributed by atoms with Gasteiger partial charge in [-0.2, -0.15) is 0 Å². The van der Waals surface area contributed by atoms with Crippen LogP contribution in [-0.2, 0) is 21.7 Å². The van der Waals surface area contributed by atoms with E-state index < -0.39 is 0 Å². The summed E-state index contributed by atoms with van der Waals surface area (Å²) in [6, 6.07) is 60.1. The number of furan rings is 1. The van der Waals surface area contributed by atoms with Crippen LogP contribution in [0.3, 0.4) is 0 Å². The molecular weight excluding hydrogens is 812 g/mol. The summed E-state index contributed by atoms with van der Waals surface area (Å²) in [5, 5.41) is 2.26. The summed E-state index contributed by atoms with van der Waals surface area (Å²) < 4.78 is 7.16. The molecule has 0 fully saturated rings. The maximum atomic E-state index is 7.16. The number of hydrogen-bond donors (Lipinski definition) is 0. The maximum absolute atomic E-state index is 7.16. The Hall–Kier alpha value is -6.78. The lowest BCUT2D eigenvalue weighted by Gasteiger charge is -2.47. The molecule has 330 valence electrons. The van der Waals surface area contributed by atoms with Crippen LogP contribution in [0.5, 0.6) is 0 Å². The third kappa shape index (κ3) is 6.11. The number of fused-ring (bicyclic) bond motifs is 12. The van der Waals surface area contributed by atoms with Gasteiger partial charge in [0.05, 0.1) is 11.4 Å². The molecule has 67 heavy (non-hydrogen) atoms. The minimum Gasteiger partial charge on any atom is -0.455 e. The summed E-state index contributed by atoms with van der Waals surface area (Å²) in [5.41, 5.74) is 24.1. The fraction of sp³-hybridized carbons (Fsp3) is 0.238. The number of para-hydroxylation sites is 1. The molecule has 2 aliphatic heterocycles. The Morgan fingerprint density at radius 2 is 1.12 bits per heavy atom. The van der Waals surface area contributed by atoms with Crippen LogP contribution in [-0.4, -0.2) is 6.85 Å². The van der Waals surface area contributed by atoms with Crippen LogP contribution in [0.15, 0.2) is 162 Å². The monoisotopic (exact) mass is 870 g/mol. The Morgan fingerprint density at radius 3 is 1.85 bits per heavy atom. The summed E-state index contributed by atoms with van der Waals surface area (Å²) in [5.74, 6) is 0. The van der Waals surface area contributed by atoms with E-state index in [-0.39, 0.29) is 28.5 Å². The molecule has 0 saturated carbocycles. The first-order valence-corrected chi connectivity index (χ1v) is 24.2. The molecule has 0 radical (unpaired) electrons. The van der Waals surface area contributed by atoms with E-state index in [0.29, 0.717) is 0 Å². The van der Waals surface area contributed by atoms with Crippen molar-refractivity contribution in [1.82, 2.24) is 0 Å². The molecule has 0 amide bonds.